The molecule has 0 aliphatic carbocycles. The molecule has 0 bridgehead atoms. The number of amides is 1. The Labute approximate surface area is 100 Å². The van der Waals surface area contributed by atoms with E-state index < -0.39 is 0 Å². The van der Waals surface area contributed by atoms with Crippen molar-refractivity contribution in [1.29, 1.82) is 0 Å². The van der Waals surface area contributed by atoms with Crippen molar-refractivity contribution in [1.82, 2.24) is 0 Å². The summed E-state index contributed by atoms with van der Waals surface area (Å²) in [6, 6.07) is 7.31. The number of nitrogens with two attached hydrogens (primary N) is 1. The fraction of sp³-hybridized carbons (Fsp3) is 0.417. The van der Waals surface area contributed by atoms with Crippen LogP contribution in [0.1, 0.15) is 6.42 Å². The highest BCUT2D eigenvalue weighted by atomic mass is 16.6. The predicted molar refractivity (Wildman–Crippen MR) is 64.3 cm³/mol. The second-order valence-corrected chi connectivity index (χ2v) is 3.83. The third kappa shape index (κ3) is 2.19. The van der Waals surface area contributed by atoms with Crippen molar-refractivity contribution < 1.29 is 14.3 Å². The maximum Gasteiger partial charge on any atom is 0.414 e. The molecular formula is C12H16N2O3. The summed E-state index contributed by atoms with van der Waals surface area (Å²) in [5, 5.41) is 0. The molecule has 1 unspecified atom stereocenters. The molecule has 2 rings (SSSR count). The molecule has 1 aliphatic rings. The zero-order valence-electron chi connectivity index (χ0n) is 9.76. The van der Waals surface area contributed by atoms with E-state index in [0.717, 1.165) is 6.42 Å². The first-order valence-corrected chi connectivity index (χ1v) is 5.57. The van der Waals surface area contributed by atoms with Gasteiger partial charge in [-0.25, -0.2) is 4.79 Å². The van der Waals surface area contributed by atoms with Gasteiger partial charge in [0.25, 0.3) is 0 Å². The van der Waals surface area contributed by atoms with Crippen LogP contribution >= 0.6 is 0 Å². The summed E-state index contributed by atoms with van der Waals surface area (Å²) in [7, 11) is 1.57. The van der Waals surface area contributed by atoms with E-state index in [2.05, 4.69) is 0 Å². The van der Waals surface area contributed by atoms with Gasteiger partial charge in [-0.3, -0.25) is 4.90 Å². The van der Waals surface area contributed by atoms with Crippen molar-refractivity contribution in [2.24, 2.45) is 5.73 Å². The van der Waals surface area contributed by atoms with Gasteiger partial charge in [0, 0.05) is 13.0 Å². The van der Waals surface area contributed by atoms with Crippen LogP contribution in [0.25, 0.3) is 0 Å². The maximum absolute atomic E-state index is 11.8. The van der Waals surface area contributed by atoms with E-state index in [9.17, 15) is 4.79 Å². The Morgan fingerprint density at radius 3 is 3.00 bits per heavy atom. The van der Waals surface area contributed by atoms with Crippen molar-refractivity contribution >= 4 is 11.8 Å². The monoisotopic (exact) mass is 236 g/mol. The van der Waals surface area contributed by atoms with Crippen molar-refractivity contribution in [2.45, 2.75) is 12.5 Å². The quantitative estimate of drug-likeness (QED) is 0.860. The van der Waals surface area contributed by atoms with Gasteiger partial charge >= 0.3 is 6.09 Å². The Morgan fingerprint density at radius 1 is 1.53 bits per heavy atom. The standard InChI is InChI=1S/C12H16N2O3/c1-16-11-5-3-2-4-10(11)14-9(8-13)6-7-17-12(14)15/h2-5,9H,6-8,13H2,1H3. The summed E-state index contributed by atoms with van der Waals surface area (Å²) in [5.74, 6) is 0.643. The van der Waals surface area contributed by atoms with Gasteiger partial charge in [0.05, 0.1) is 25.4 Å². The fourth-order valence-corrected chi connectivity index (χ4v) is 1.98. The van der Waals surface area contributed by atoms with Crippen LogP contribution in [-0.2, 0) is 4.74 Å². The topological polar surface area (TPSA) is 64.8 Å². The number of cyclic esters (lactones) is 1. The van der Waals surface area contributed by atoms with Gasteiger partial charge in [-0.1, -0.05) is 12.1 Å². The van der Waals surface area contributed by atoms with E-state index in [4.69, 9.17) is 15.2 Å². The number of hydrogen-bond acceptors (Lipinski definition) is 4. The molecule has 1 heterocycles. The number of para-hydroxylation sites is 2. The third-order valence-corrected chi connectivity index (χ3v) is 2.86. The number of methoxy groups -OCH3 is 1. The average molecular weight is 236 g/mol. The van der Waals surface area contributed by atoms with Crippen LogP contribution in [0, 0.1) is 0 Å². The summed E-state index contributed by atoms with van der Waals surface area (Å²) < 4.78 is 10.3. The number of rotatable bonds is 3. The number of anilines is 1. The maximum atomic E-state index is 11.8. The largest absolute Gasteiger partial charge is 0.495 e. The second-order valence-electron chi connectivity index (χ2n) is 3.83. The number of nitrogens with zero attached hydrogens (tertiary/aromatic N) is 1. The van der Waals surface area contributed by atoms with Crippen LogP contribution in [0.3, 0.4) is 0 Å². The highest BCUT2D eigenvalue weighted by molar-refractivity contribution is 5.91. The van der Waals surface area contributed by atoms with Crippen molar-refractivity contribution in [3.05, 3.63) is 24.3 Å². The molecule has 0 saturated carbocycles. The molecule has 2 N–H and O–H groups in total. The molecule has 17 heavy (non-hydrogen) atoms. The molecule has 1 aliphatic heterocycles. The minimum Gasteiger partial charge on any atom is -0.495 e. The first kappa shape index (κ1) is 11.7. The van der Waals surface area contributed by atoms with Gasteiger partial charge in [-0.05, 0) is 12.1 Å². The van der Waals surface area contributed by atoms with Crippen LogP contribution in [0.4, 0.5) is 10.5 Å². The summed E-state index contributed by atoms with van der Waals surface area (Å²) >= 11 is 0. The number of carbonyl (C=O) groups excluding carboxylic acids is 1. The van der Waals surface area contributed by atoms with E-state index in [1.54, 1.807) is 12.0 Å². The van der Waals surface area contributed by atoms with Crippen LogP contribution in [0.15, 0.2) is 24.3 Å². The van der Waals surface area contributed by atoms with E-state index >= 15 is 0 Å². The Balaban J connectivity index is 2.37. The molecular weight excluding hydrogens is 220 g/mol. The Bertz CT molecular complexity index is 408. The average Bonchev–Trinajstić information content (AvgIpc) is 2.38. The van der Waals surface area contributed by atoms with Gasteiger partial charge in [-0.2, -0.15) is 0 Å². The smallest absolute Gasteiger partial charge is 0.414 e. The SMILES string of the molecule is COc1ccccc1N1C(=O)OCCC1CN. The van der Waals surface area contributed by atoms with E-state index in [0.29, 0.717) is 24.6 Å². The lowest BCUT2D eigenvalue weighted by Crippen LogP contribution is -2.49. The molecule has 1 aromatic rings. The summed E-state index contributed by atoms with van der Waals surface area (Å²) in [5.41, 5.74) is 6.40. The Morgan fingerprint density at radius 2 is 2.29 bits per heavy atom. The predicted octanol–water partition coefficient (Wildman–Crippen LogP) is 1.37. The number of benzene rings is 1. The highest BCUT2D eigenvalue weighted by Gasteiger charge is 2.31. The fourth-order valence-electron chi connectivity index (χ4n) is 1.98. The summed E-state index contributed by atoms with van der Waals surface area (Å²) in [6.45, 7) is 0.833. The molecule has 1 fully saturated rings. The van der Waals surface area contributed by atoms with Crippen molar-refractivity contribution in [3.63, 3.8) is 0 Å². The zero-order chi connectivity index (χ0) is 12.3. The van der Waals surface area contributed by atoms with Crippen LogP contribution in [-0.4, -0.2) is 32.4 Å². The molecule has 0 spiro atoms. The molecule has 5 heteroatoms. The first-order valence-electron chi connectivity index (χ1n) is 5.57. The molecule has 0 radical (unpaired) electrons. The molecule has 1 atom stereocenters. The van der Waals surface area contributed by atoms with Gasteiger partial charge in [0.2, 0.25) is 0 Å². The minimum atomic E-state index is -0.365. The highest BCUT2D eigenvalue weighted by Crippen LogP contribution is 2.31. The van der Waals surface area contributed by atoms with E-state index in [1.807, 2.05) is 24.3 Å². The van der Waals surface area contributed by atoms with Crippen LogP contribution in [0.5, 0.6) is 5.75 Å². The van der Waals surface area contributed by atoms with E-state index in [-0.39, 0.29) is 12.1 Å². The molecule has 1 saturated heterocycles. The lowest BCUT2D eigenvalue weighted by Gasteiger charge is -2.34. The zero-order valence-corrected chi connectivity index (χ0v) is 9.76. The molecule has 1 amide bonds. The summed E-state index contributed by atoms with van der Waals surface area (Å²) in [6.07, 6.45) is 0.372. The number of ether oxygens (including phenoxy) is 2. The van der Waals surface area contributed by atoms with E-state index in [1.165, 1.54) is 0 Å². The number of hydrogen-bond donors (Lipinski definition) is 1. The second kappa shape index (κ2) is 5.05. The number of carbonyl (C=O) groups is 1. The van der Waals surface area contributed by atoms with Gasteiger partial charge in [0.1, 0.15) is 5.75 Å². The third-order valence-electron chi connectivity index (χ3n) is 2.86. The van der Waals surface area contributed by atoms with Crippen LogP contribution < -0.4 is 15.4 Å². The molecule has 0 aromatic heterocycles. The van der Waals surface area contributed by atoms with Gasteiger partial charge in [-0.15, -0.1) is 0 Å². The Kier molecular flexibility index (Phi) is 3.49. The van der Waals surface area contributed by atoms with Crippen molar-refractivity contribution in [2.75, 3.05) is 25.2 Å². The minimum absolute atomic E-state index is 0.0347. The van der Waals surface area contributed by atoms with Crippen LogP contribution in [0.2, 0.25) is 0 Å². The molecule has 1 aromatic carbocycles. The normalized spacial score (nSPS) is 20.0. The molecule has 92 valence electrons. The lowest BCUT2D eigenvalue weighted by atomic mass is 10.1. The first-order chi connectivity index (χ1) is 8.27. The lowest BCUT2D eigenvalue weighted by molar-refractivity contribution is 0.129. The molecule has 5 nitrogen and oxygen atoms in total. The summed E-state index contributed by atoms with van der Waals surface area (Å²) in [4.78, 5) is 13.4. The van der Waals surface area contributed by atoms with Gasteiger partial charge < -0.3 is 15.2 Å². The Hall–Kier alpha value is -1.75. The van der Waals surface area contributed by atoms with Crippen molar-refractivity contribution in [3.8, 4) is 5.75 Å². The van der Waals surface area contributed by atoms with Gasteiger partial charge in [0.15, 0.2) is 0 Å².